The highest BCUT2D eigenvalue weighted by Gasteiger charge is 2.23. The molecule has 1 N–H and O–H groups in total. The number of ketones is 1. The van der Waals surface area contributed by atoms with E-state index in [1.54, 1.807) is 20.1 Å². The lowest BCUT2D eigenvalue weighted by atomic mass is 9.91. The minimum atomic E-state index is -0.310. The highest BCUT2D eigenvalue weighted by Crippen LogP contribution is 2.28. The molecule has 2 unspecified atom stereocenters. The van der Waals surface area contributed by atoms with Crippen LogP contribution in [0.15, 0.2) is 48.5 Å². The van der Waals surface area contributed by atoms with Crippen molar-refractivity contribution in [2.45, 2.75) is 19.9 Å². The first-order valence-electron chi connectivity index (χ1n) is 7.17. The quantitative estimate of drug-likeness (QED) is 0.868. The molecule has 0 aliphatic carbocycles. The number of nitrogens with one attached hydrogen (secondary N) is 1. The summed E-state index contributed by atoms with van der Waals surface area (Å²) in [5, 5.41) is 3.31. The fraction of sp³-hybridized carbons (Fsp3) is 0.278. The monoisotopic (exact) mass is 301 g/mol. The maximum absolute atomic E-state index is 13.5. The van der Waals surface area contributed by atoms with E-state index in [0.717, 1.165) is 17.0 Å². The van der Waals surface area contributed by atoms with E-state index in [9.17, 15) is 9.18 Å². The van der Waals surface area contributed by atoms with Crippen molar-refractivity contribution in [2.75, 3.05) is 12.4 Å². The fourth-order valence-electron chi connectivity index (χ4n) is 2.30. The number of Topliss-reactive ketones (excluding diaryl/α,β-unsaturated/α-hetero) is 1. The molecule has 0 aliphatic heterocycles. The Bertz CT molecular complexity index is 640. The number of carbonyl (C=O) groups is 1. The van der Waals surface area contributed by atoms with Crippen LogP contribution in [-0.4, -0.2) is 12.9 Å². The van der Waals surface area contributed by atoms with Gasteiger partial charge in [0.1, 0.15) is 17.3 Å². The molecule has 2 aromatic carbocycles. The molecule has 0 amide bonds. The van der Waals surface area contributed by atoms with E-state index in [0.29, 0.717) is 0 Å². The van der Waals surface area contributed by atoms with Gasteiger partial charge in [0.05, 0.1) is 13.2 Å². The van der Waals surface area contributed by atoms with Gasteiger partial charge in [0, 0.05) is 11.6 Å². The Balaban J connectivity index is 2.29. The molecule has 0 aliphatic rings. The smallest absolute Gasteiger partial charge is 0.135 e. The van der Waals surface area contributed by atoms with Crippen LogP contribution in [0.3, 0.4) is 0 Å². The number of ether oxygens (including phenoxy) is 1. The first-order chi connectivity index (χ1) is 10.5. The molecule has 2 rings (SSSR count). The summed E-state index contributed by atoms with van der Waals surface area (Å²) < 4.78 is 18.6. The maximum atomic E-state index is 13.5. The number of hydrogen-bond acceptors (Lipinski definition) is 3. The Labute approximate surface area is 130 Å². The Kier molecular flexibility index (Phi) is 5.15. The third kappa shape index (κ3) is 3.85. The van der Waals surface area contributed by atoms with Gasteiger partial charge in [0.15, 0.2) is 0 Å². The summed E-state index contributed by atoms with van der Waals surface area (Å²) in [6.07, 6.45) is 0. The summed E-state index contributed by atoms with van der Waals surface area (Å²) in [4.78, 5) is 11.8. The van der Waals surface area contributed by atoms with Crippen LogP contribution in [0.25, 0.3) is 0 Å². The van der Waals surface area contributed by atoms with E-state index in [1.165, 1.54) is 12.1 Å². The standard InChI is InChI=1S/C18H20FNO2/c1-12(13(2)21)18(14-5-4-6-15(19)11-14)20-16-7-9-17(22-3)10-8-16/h4-12,18,20H,1-3H3. The second kappa shape index (κ2) is 7.07. The Morgan fingerprint density at radius 1 is 1.18 bits per heavy atom. The van der Waals surface area contributed by atoms with Crippen molar-refractivity contribution in [3.63, 3.8) is 0 Å². The van der Waals surface area contributed by atoms with Crippen LogP contribution < -0.4 is 10.1 Å². The van der Waals surface area contributed by atoms with E-state index in [1.807, 2.05) is 37.3 Å². The number of anilines is 1. The molecule has 0 fully saturated rings. The number of benzene rings is 2. The van der Waals surface area contributed by atoms with Crippen LogP contribution in [0, 0.1) is 11.7 Å². The SMILES string of the molecule is COc1ccc(NC(c2cccc(F)c2)C(C)C(C)=O)cc1. The number of methoxy groups -OCH3 is 1. The molecule has 3 nitrogen and oxygen atoms in total. The van der Waals surface area contributed by atoms with Crippen LogP contribution in [0.2, 0.25) is 0 Å². The summed E-state index contributed by atoms with van der Waals surface area (Å²) in [5.74, 6) is 0.224. The molecule has 116 valence electrons. The highest BCUT2D eigenvalue weighted by molar-refractivity contribution is 5.79. The molecular weight excluding hydrogens is 281 g/mol. The van der Waals surface area contributed by atoms with Crippen LogP contribution in [0.5, 0.6) is 5.75 Å². The van der Waals surface area contributed by atoms with Gasteiger partial charge in [0.25, 0.3) is 0 Å². The van der Waals surface area contributed by atoms with Gasteiger partial charge in [-0.2, -0.15) is 0 Å². The largest absolute Gasteiger partial charge is 0.497 e. The van der Waals surface area contributed by atoms with Gasteiger partial charge in [-0.1, -0.05) is 19.1 Å². The van der Waals surface area contributed by atoms with Crippen LogP contribution in [0.1, 0.15) is 25.5 Å². The number of carbonyl (C=O) groups excluding carboxylic acids is 1. The molecule has 0 saturated heterocycles. The first-order valence-corrected chi connectivity index (χ1v) is 7.17. The molecule has 0 bridgehead atoms. The van der Waals surface area contributed by atoms with Crippen LogP contribution in [-0.2, 0) is 4.79 Å². The Morgan fingerprint density at radius 3 is 2.41 bits per heavy atom. The van der Waals surface area contributed by atoms with Gasteiger partial charge < -0.3 is 10.1 Å². The molecule has 0 heterocycles. The van der Waals surface area contributed by atoms with E-state index in [4.69, 9.17) is 4.74 Å². The lowest BCUT2D eigenvalue weighted by Crippen LogP contribution is -2.24. The number of hydrogen-bond donors (Lipinski definition) is 1. The van der Waals surface area contributed by atoms with Crippen molar-refractivity contribution in [3.8, 4) is 5.75 Å². The summed E-state index contributed by atoms with van der Waals surface area (Å²) in [7, 11) is 1.61. The summed E-state index contributed by atoms with van der Waals surface area (Å²) in [6, 6.07) is 13.5. The van der Waals surface area contributed by atoms with E-state index < -0.39 is 0 Å². The van der Waals surface area contributed by atoms with Crippen molar-refractivity contribution in [1.29, 1.82) is 0 Å². The normalized spacial score (nSPS) is 13.3. The summed E-state index contributed by atoms with van der Waals surface area (Å²) in [6.45, 7) is 3.39. The predicted octanol–water partition coefficient (Wildman–Crippen LogP) is 4.21. The fourth-order valence-corrected chi connectivity index (χ4v) is 2.30. The Hall–Kier alpha value is -2.36. The van der Waals surface area contributed by atoms with E-state index in [2.05, 4.69) is 5.32 Å². The van der Waals surface area contributed by atoms with Gasteiger partial charge >= 0.3 is 0 Å². The zero-order valence-corrected chi connectivity index (χ0v) is 13.0. The molecule has 2 atom stereocenters. The molecule has 0 saturated carbocycles. The second-order valence-electron chi connectivity index (χ2n) is 5.30. The zero-order valence-electron chi connectivity index (χ0n) is 13.0. The zero-order chi connectivity index (χ0) is 16.1. The van der Waals surface area contributed by atoms with Crippen molar-refractivity contribution in [3.05, 3.63) is 59.9 Å². The van der Waals surface area contributed by atoms with Crippen LogP contribution in [0.4, 0.5) is 10.1 Å². The van der Waals surface area contributed by atoms with Crippen molar-refractivity contribution in [1.82, 2.24) is 0 Å². The topological polar surface area (TPSA) is 38.3 Å². The van der Waals surface area contributed by atoms with Gasteiger partial charge in [-0.15, -0.1) is 0 Å². The minimum Gasteiger partial charge on any atom is -0.497 e. The molecule has 0 aromatic heterocycles. The molecule has 22 heavy (non-hydrogen) atoms. The highest BCUT2D eigenvalue weighted by atomic mass is 19.1. The van der Waals surface area contributed by atoms with E-state index >= 15 is 0 Å². The Morgan fingerprint density at radius 2 is 1.86 bits per heavy atom. The van der Waals surface area contributed by atoms with Gasteiger partial charge in [0.2, 0.25) is 0 Å². The molecule has 2 aromatic rings. The lowest BCUT2D eigenvalue weighted by molar-refractivity contribution is -0.120. The second-order valence-corrected chi connectivity index (χ2v) is 5.30. The van der Waals surface area contributed by atoms with Gasteiger partial charge in [-0.3, -0.25) is 4.79 Å². The predicted molar refractivity (Wildman–Crippen MR) is 85.6 cm³/mol. The third-order valence-electron chi connectivity index (χ3n) is 3.76. The van der Waals surface area contributed by atoms with E-state index in [-0.39, 0.29) is 23.6 Å². The average Bonchev–Trinajstić information content (AvgIpc) is 2.52. The molecule has 4 heteroatoms. The molecule has 0 radical (unpaired) electrons. The number of halogens is 1. The molecular formula is C18H20FNO2. The van der Waals surface area contributed by atoms with Crippen LogP contribution >= 0.6 is 0 Å². The van der Waals surface area contributed by atoms with Crippen molar-refractivity contribution in [2.24, 2.45) is 5.92 Å². The maximum Gasteiger partial charge on any atom is 0.135 e. The third-order valence-corrected chi connectivity index (χ3v) is 3.76. The summed E-state index contributed by atoms with van der Waals surface area (Å²) >= 11 is 0. The average molecular weight is 301 g/mol. The first kappa shape index (κ1) is 16.0. The van der Waals surface area contributed by atoms with Crippen molar-refractivity contribution < 1.29 is 13.9 Å². The molecule has 0 spiro atoms. The van der Waals surface area contributed by atoms with Gasteiger partial charge in [-0.05, 0) is 48.9 Å². The minimum absolute atomic E-state index is 0.0512. The van der Waals surface area contributed by atoms with Gasteiger partial charge in [-0.25, -0.2) is 4.39 Å². The van der Waals surface area contributed by atoms with Crippen molar-refractivity contribution >= 4 is 11.5 Å². The summed E-state index contributed by atoms with van der Waals surface area (Å²) in [5.41, 5.74) is 1.60. The lowest BCUT2D eigenvalue weighted by Gasteiger charge is -2.25. The number of rotatable bonds is 6.